The smallest absolute Gasteiger partial charge is 0.275 e. The van der Waals surface area contributed by atoms with E-state index >= 15 is 0 Å². The molecule has 1 spiro atoms. The number of carbonyl (C=O) groups is 1. The van der Waals surface area contributed by atoms with E-state index < -0.39 is 11.1 Å². The maximum absolute atomic E-state index is 13.7. The Kier molecular flexibility index (Phi) is 5.11. The maximum Gasteiger partial charge on any atom is 0.275 e. The number of nitrogens with one attached hydrogen (secondary N) is 2. The summed E-state index contributed by atoms with van der Waals surface area (Å²) in [5, 5.41) is 8.91. The summed E-state index contributed by atoms with van der Waals surface area (Å²) in [4.78, 5) is 26.7. The average molecular weight is 458 g/mol. The number of hydrogen-bond acceptors (Lipinski definition) is 7. The Balaban J connectivity index is 1.65. The van der Waals surface area contributed by atoms with Gasteiger partial charge >= 0.3 is 0 Å². The van der Waals surface area contributed by atoms with Gasteiger partial charge in [0.15, 0.2) is 16.5 Å². The van der Waals surface area contributed by atoms with Gasteiger partial charge in [0.05, 0.1) is 5.56 Å². The first-order valence-corrected chi connectivity index (χ1v) is 11.3. The van der Waals surface area contributed by atoms with E-state index in [1.54, 1.807) is 4.68 Å². The van der Waals surface area contributed by atoms with E-state index in [4.69, 9.17) is 4.74 Å². The predicted molar refractivity (Wildman–Crippen MR) is 121 cm³/mol. The first-order valence-electron chi connectivity index (χ1n) is 10.6. The van der Waals surface area contributed by atoms with Crippen LogP contribution in [0.5, 0.6) is 5.75 Å². The van der Waals surface area contributed by atoms with Crippen molar-refractivity contribution in [2.75, 3.05) is 19.1 Å². The Bertz CT molecular complexity index is 1150. The number of rotatable bonds is 5. The molecule has 2 aromatic rings. The molecule has 3 aliphatic rings. The lowest BCUT2D eigenvalue weighted by Gasteiger charge is -2.47. The lowest BCUT2D eigenvalue weighted by molar-refractivity contribution is 0.0801. The summed E-state index contributed by atoms with van der Waals surface area (Å²) in [5.74, 6) is 0.494. The van der Waals surface area contributed by atoms with Gasteiger partial charge in [-0.25, -0.2) is 0 Å². The molecule has 2 N–H and O–H groups in total. The molecular formula is C22H24FN5O3S. The number of fused-ring (bicyclic) bond motifs is 3. The highest BCUT2D eigenvalue weighted by molar-refractivity contribution is 8.10. The van der Waals surface area contributed by atoms with E-state index in [1.807, 2.05) is 42.4 Å². The van der Waals surface area contributed by atoms with Crippen LogP contribution in [0, 0.1) is 11.8 Å². The van der Waals surface area contributed by atoms with Crippen LogP contribution < -0.4 is 25.9 Å². The predicted octanol–water partition coefficient (Wildman–Crippen LogP) is 2.36. The van der Waals surface area contributed by atoms with E-state index in [0.29, 0.717) is 11.8 Å². The van der Waals surface area contributed by atoms with Crippen molar-refractivity contribution in [1.29, 1.82) is 0 Å². The molecule has 0 bridgehead atoms. The van der Waals surface area contributed by atoms with Crippen molar-refractivity contribution in [2.45, 2.75) is 31.5 Å². The number of carbonyl (C=O) groups excluding carboxylic acids is 1. The van der Waals surface area contributed by atoms with Crippen molar-refractivity contribution in [2.24, 2.45) is 16.9 Å². The van der Waals surface area contributed by atoms with Gasteiger partial charge in [0.25, 0.3) is 5.91 Å². The summed E-state index contributed by atoms with van der Waals surface area (Å²) in [7, 11) is 3.41. The fraction of sp³-hybridized carbons (Fsp3) is 0.409. The number of halogens is 1. The Labute approximate surface area is 189 Å². The summed E-state index contributed by atoms with van der Waals surface area (Å²) in [6, 6.07) is 9.35. The van der Waals surface area contributed by atoms with Crippen molar-refractivity contribution < 1.29 is 13.4 Å². The Morgan fingerprint density at radius 3 is 2.78 bits per heavy atom. The molecule has 0 radical (unpaired) electrons. The normalized spacial score (nSPS) is 25.9. The van der Waals surface area contributed by atoms with Gasteiger partial charge < -0.3 is 15.5 Å². The van der Waals surface area contributed by atoms with Gasteiger partial charge in [-0.2, -0.15) is 8.99 Å². The van der Waals surface area contributed by atoms with Gasteiger partial charge in [0.2, 0.25) is 5.43 Å². The lowest BCUT2D eigenvalue weighted by atomic mass is 10.0. The highest BCUT2D eigenvalue weighted by atomic mass is 32.2. The molecule has 8 nitrogen and oxygen atoms in total. The first kappa shape index (κ1) is 20.9. The maximum atomic E-state index is 13.7. The van der Waals surface area contributed by atoms with Crippen LogP contribution in [0.15, 0.2) is 46.4 Å². The van der Waals surface area contributed by atoms with Crippen LogP contribution >= 0.6 is 12.1 Å². The number of ether oxygens (including phenoxy) is 1. The van der Waals surface area contributed by atoms with E-state index in [0.717, 1.165) is 24.8 Å². The highest BCUT2D eigenvalue weighted by Gasteiger charge is 2.62. The molecule has 0 saturated heterocycles. The molecule has 3 atom stereocenters. The van der Waals surface area contributed by atoms with Gasteiger partial charge in [-0.3, -0.25) is 19.3 Å². The summed E-state index contributed by atoms with van der Waals surface area (Å²) in [6.45, 7) is 0.0979. The molecule has 10 heteroatoms. The van der Waals surface area contributed by atoms with Crippen LogP contribution in [0.1, 0.15) is 40.9 Å². The molecule has 1 aliphatic heterocycles. The van der Waals surface area contributed by atoms with Crippen molar-refractivity contribution in [3.05, 3.63) is 63.6 Å². The third kappa shape index (κ3) is 3.16. The largest absolute Gasteiger partial charge is 0.482 e. The molecule has 1 unspecified atom stereocenters. The summed E-state index contributed by atoms with van der Waals surface area (Å²) < 4.78 is 21.3. The van der Waals surface area contributed by atoms with Gasteiger partial charge in [-0.05, 0) is 30.7 Å². The summed E-state index contributed by atoms with van der Waals surface area (Å²) in [5.41, 5.74) is 2.42. The van der Waals surface area contributed by atoms with Crippen molar-refractivity contribution in [3.63, 3.8) is 0 Å². The monoisotopic (exact) mass is 457 g/mol. The fourth-order valence-corrected chi connectivity index (χ4v) is 5.44. The van der Waals surface area contributed by atoms with Crippen LogP contribution in [0.2, 0.25) is 0 Å². The minimum absolute atomic E-state index is 0.0284. The van der Waals surface area contributed by atoms with Gasteiger partial charge in [-0.15, -0.1) is 0 Å². The van der Waals surface area contributed by atoms with E-state index in [9.17, 15) is 13.5 Å². The van der Waals surface area contributed by atoms with E-state index in [-0.39, 0.29) is 46.7 Å². The molecule has 1 aromatic carbocycles. The third-order valence-electron chi connectivity index (χ3n) is 6.77. The van der Waals surface area contributed by atoms with Crippen LogP contribution in [0.3, 0.4) is 0 Å². The minimum atomic E-state index is -0.582. The van der Waals surface area contributed by atoms with Crippen molar-refractivity contribution >= 4 is 23.1 Å². The van der Waals surface area contributed by atoms with Crippen molar-refractivity contribution in [1.82, 2.24) is 15.4 Å². The lowest BCUT2D eigenvalue weighted by Crippen LogP contribution is -2.68. The summed E-state index contributed by atoms with van der Waals surface area (Å²) in [6.07, 6.45) is 4.42. The van der Waals surface area contributed by atoms with Crippen LogP contribution in [-0.2, 0) is 6.61 Å². The third-order valence-corrected chi connectivity index (χ3v) is 7.22. The number of hydrogen-bond donors (Lipinski definition) is 2. The molecule has 32 heavy (non-hydrogen) atoms. The molecule has 2 heterocycles. The number of aromatic nitrogens is 1. The second-order valence-corrected chi connectivity index (χ2v) is 8.97. The summed E-state index contributed by atoms with van der Waals surface area (Å²) >= 11 is -0.130. The average Bonchev–Trinajstić information content (AvgIpc) is 3.52. The zero-order valence-electron chi connectivity index (χ0n) is 17.8. The fourth-order valence-electron chi connectivity index (χ4n) is 5.09. The number of hydrazone groups is 1. The van der Waals surface area contributed by atoms with E-state index in [1.165, 1.54) is 13.2 Å². The van der Waals surface area contributed by atoms with Gasteiger partial charge in [0, 0.05) is 26.2 Å². The Hall–Kier alpha value is -3.01. The van der Waals surface area contributed by atoms with E-state index in [2.05, 4.69) is 15.8 Å². The zero-order valence-corrected chi connectivity index (χ0v) is 18.6. The topological polar surface area (TPSA) is 88.0 Å². The van der Waals surface area contributed by atoms with Crippen LogP contribution in [0.4, 0.5) is 3.89 Å². The molecule has 168 valence electrons. The van der Waals surface area contributed by atoms with Crippen molar-refractivity contribution in [3.8, 4) is 5.75 Å². The molecule has 2 saturated carbocycles. The second kappa shape index (κ2) is 7.84. The number of amides is 1. The number of benzene rings is 1. The SMILES string of the molecule is CN/N=C(\SF)c1cn2c(c(OCc3ccccc3)c1=O)C(=O)NC1(CC[C@@H]3C[C@@H]31)N2C. The highest BCUT2D eigenvalue weighted by Crippen LogP contribution is 2.58. The molecule has 1 amide bonds. The Morgan fingerprint density at radius 1 is 1.38 bits per heavy atom. The van der Waals surface area contributed by atoms with Crippen LogP contribution in [-0.4, -0.2) is 35.4 Å². The molecule has 2 fully saturated rings. The standard InChI is InChI=1S/C22H24FN5O3S/c1-24-26-21(32-23)15-11-28-17(19(18(15)29)31-12-13-6-4-3-5-7-13)20(30)25-22(27(28)2)9-8-14-10-16(14)22/h3-7,11,14,16,24H,8-10,12H2,1-2H3,(H,25,30)/b26-21-/t14-,16+,22?/m1/s1. The number of pyridine rings is 1. The minimum Gasteiger partial charge on any atom is -0.482 e. The second-order valence-electron chi connectivity index (χ2n) is 8.43. The molecule has 2 aliphatic carbocycles. The molecule has 5 rings (SSSR count). The van der Waals surface area contributed by atoms with Gasteiger partial charge in [0.1, 0.15) is 24.4 Å². The quantitative estimate of drug-likeness (QED) is 0.407. The first-order chi connectivity index (χ1) is 15.5. The van der Waals surface area contributed by atoms with Crippen LogP contribution in [0.25, 0.3) is 0 Å². The van der Waals surface area contributed by atoms with Gasteiger partial charge in [-0.1, -0.05) is 30.3 Å². The number of nitrogens with zero attached hydrogens (tertiary/aromatic N) is 3. The Morgan fingerprint density at radius 2 is 2.16 bits per heavy atom. The molecule has 1 aromatic heterocycles. The zero-order chi connectivity index (χ0) is 22.5. The molecular weight excluding hydrogens is 433 g/mol.